The molecule has 1 atom stereocenters. The number of methoxy groups -OCH3 is 1. The van der Waals surface area contributed by atoms with Crippen LogP contribution < -0.4 is 5.73 Å². The van der Waals surface area contributed by atoms with Gasteiger partial charge < -0.3 is 10.5 Å². The summed E-state index contributed by atoms with van der Waals surface area (Å²) in [5.41, 5.74) is 5.64. The van der Waals surface area contributed by atoms with E-state index in [0.717, 1.165) is 13.0 Å². The molecule has 0 saturated carbocycles. The number of ether oxygens (including phenoxy) is 1. The Hall–Kier alpha value is -1.27. The van der Waals surface area contributed by atoms with Crippen LogP contribution in [0, 0.1) is 0 Å². The van der Waals surface area contributed by atoms with E-state index in [2.05, 4.69) is 10.1 Å². The fraction of sp³-hybridized carbons (Fsp3) is 0.700. The van der Waals surface area contributed by atoms with E-state index in [4.69, 9.17) is 10.5 Å². The molecule has 6 nitrogen and oxygen atoms in total. The van der Waals surface area contributed by atoms with Crippen LogP contribution in [-0.4, -0.2) is 40.3 Å². The first-order valence-electron chi connectivity index (χ1n) is 5.33. The molecule has 0 aliphatic carbocycles. The van der Waals surface area contributed by atoms with Crippen LogP contribution in [0.4, 0.5) is 0 Å². The van der Waals surface area contributed by atoms with Crippen molar-refractivity contribution in [3.63, 3.8) is 0 Å². The predicted octanol–water partition coefficient (Wildman–Crippen LogP) is -0.227. The minimum Gasteiger partial charge on any atom is -0.383 e. The van der Waals surface area contributed by atoms with Gasteiger partial charge >= 0.3 is 0 Å². The monoisotopic (exact) mass is 226 g/mol. The number of ketones is 1. The van der Waals surface area contributed by atoms with Gasteiger partial charge in [0.25, 0.3) is 0 Å². The fourth-order valence-electron chi connectivity index (χ4n) is 1.38. The molecule has 1 heterocycles. The lowest BCUT2D eigenvalue weighted by molar-refractivity contribution is -0.120. The van der Waals surface area contributed by atoms with Crippen LogP contribution in [0.2, 0.25) is 0 Å². The van der Waals surface area contributed by atoms with E-state index in [9.17, 15) is 4.79 Å². The average molecular weight is 226 g/mol. The second-order valence-corrected chi connectivity index (χ2v) is 3.60. The normalized spacial score (nSPS) is 12.7. The van der Waals surface area contributed by atoms with Crippen LogP contribution in [0.15, 0.2) is 6.33 Å². The van der Waals surface area contributed by atoms with Crippen LogP contribution in [0.25, 0.3) is 0 Å². The van der Waals surface area contributed by atoms with Gasteiger partial charge in [-0.2, -0.15) is 5.10 Å². The summed E-state index contributed by atoms with van der Waals surface area (Å²) in [5.74, 6) is 0.589. The molecule has 0 saturated heterocycles. The maximum Gasteiger partial charge on any atom is 0.159 e. The van der Waals surface area contributed by atoms with Gasteiger partial charge in [-0.25, -0.2) is 9.67 Å². The number of hydrogen-bond acceptors (Lipinski definition) is 5. The highest BCUT2D eigenvalue weighted by atomic mass is 16.5. The van der Waals surface area contributed by atoms with Gasteiger partial charge in [-0.1, -0.05) is 6.92 Å². The Morgan fingerprint density at radius 3 is 3.06 bits per heavy atom. The number of aromatic nitrogens is 3. The number of Topliss-reactive ketones (excluding diaryl/α,β-unsaturated/α-hetero) is 1. The van der Waals surface area contributed by atoms with Gasteiger partial charge in [0, 0.05) is 13.7 Å². The Labute approximate surface area is 94.8 Å². The number of carbonyl (C=O) groups is 1. The molecule has 0 radical (unpaired) electrons. The van der Waals surface area contributed by atoms with Gasteiger partial charge in [0.15, 0.2) is 5.78 Å². The topological polar surface area (TPSA) is 83.0 Å². The summed E-state index contributed by atoms with van der Waals surface area (Å²) in [5, 5.41) is 4.05. The first kappa shape index (κ1) is 12.8. The molecule has 0 aliphatic rings. The first-order valence-corrected chi connectivity index (χ1v) is 5.33. The van der Waals surface area contributed by atoms with Gasteiger partial charge in [0.2, 0.25) is 0 Å². The molecule has 6 heteroatoms. The summed E-state index contributed by atoms with van der Waals surface area (Å²) in [6.07, 6.45) is 2.62. The fourth-order valence-corrected chi connectivity index (χ4v) is 1.38. The van der Waals surface area contributed by atoms with E-state index in [-0.39, 0.29) is 18.8 Å². The Morgan fingerprint density at radius 2 is 2.44 bits per heavy atom. The molecular weight excluding hydrogens is 208 g/mol. The first-order chi connectivity index (χ1) is 7.69. The van der Waals surface area contributed by atoms with Crippen LogP contribution in [0.5, 0.6) is 0 Å². The van der Waals surface area contributed by atoms with Crippen LogP contribution in [0.1, 0.15) is 19.2 Å². The third kappa shape index (κ3) is 3.39. The molecule has 2 N–H and O–H groups in total. The molecule has 0 spiro atoms. The Bertz CT molecular complexity index is 337. The van der Waals surface area contributed by atoms with Gasteiger partial charge in [-0.05, 0) is 6.42 Å². The highest BCUT2D eigenvalue weighted by molar-refractivity contribution is 5.85. The Balaban J connectivity index is 2.58. The zero-order chi connectivity index (χ0) is 12.0. The molecule has 16 heavy (non-hydrogen) atoms. The van der Waals surface area contributed by atoms with Crippen molar-refractivity contribution in [3.05, 3.63) is 12.2 Å². The molecule has 1 aromatic heterocycles. The third-order valence-electron chi connectivity index (χ3n) is 2.22. The van der Waals surface area contributed by atoms with Crippen molar-refractivity contribution in [2.24, 2.45) is 5.73 Å². The zero-order valence-corrected chi connectivity index (χ0v) is 9.72. The van der Waals surface area contributed by atoms with Crippen molar-refractivity contribution in [2.45, 2.75) is 32.4 Å². The standard InChI is InChI=1S/C10H18N4O2/c1-3-4-14-10(12-7-13-14)5-9(15)8(11)6-16-2/h7-8H,3-6,11H2,1-2H3. The molecule has 0 aliphatic heterocycles. The molecule has 0 amide bonds. The van der Waals surface area contributed by atoms with E-state index in [1.165, 1.54) is 13.4 Å². The van der Waals surface area contributed by atoms with Crippen LogP contribution in [0.3, 0.4) is 0 Å². The molecule has 0 fully saturated rings. The quantitative estimate of drug-likeness (QED) is 0.694. The van der Waals surface area contributed by atoms with E-state index in [1.54, 1.807) is 4.68 Å². The average Bonchev–Trinajstić information content (AvgIpc) is 2.67. The zero-order valence-electron chi connectivity index (χ0n) is 9.72. The summed E-state index contributed by atoms with van der Waals surface area (Å²) in [4.78, 5) is 15.7. The van der Waals surface area contributed by atoms with Gasteiger partial charge in [-0.3, -0.25) is 4.79 Å². The molecule has 0 bridgehead atoms. The largest absolute Gasteiger partial charge is 0.383 e. The van der Waals surface area contributed by atoms with Gasteiger partial charge in [-0.15, -0.1) is 0 Å². The number of carbonyl (C=O) groups excluding carboxylic acids is 1. The van der Waals surface area contributed by atoms with Crippen LogP contribution >= 0.6 is 0 Å². The molecule has 1 unspecified atom stereocenters. The van der Waals surface area contributed by atoms with Crippen molar-refractivity contribution in [1.29, 1.82) is 0 Å². The minimum absolute atomic E-state index is 0.0767. The Morgan fingerprint density at radius 1 is 1.69 bits per heavy atom. The van der Waals surface area contributed by atoms with Crippen molar-refractivity contribution in [3.8, 4) is 0 Å². The highest BCUT2D eigenvalue weighted by Crippen LogP contribution is 2.00. The van der Waals surface area contributed by atoms with Crippen molar-refractivity contribution < 1.29 is 9.53 Å². The SMILES string of the molecule is CCCn1ncnc1CC(=O)C(N)COC. The van der Waals surface area contributed by atoms with Crippen molar-refractivity contribution in [2.75, 3.05) is 13.7 Å². The van der Waals surface area contributed by atoms with Gasteiger partial charge in [0.05, 0.1) is 19.1 Å². The Kier molecular flexibility index (Phi) is 5.07. The number of aryl methyl sites for hydroxylation is 1. The summed E-state index contributed by atoms with van der Waals surface area (Å²) in [7, 11) is 1.52. The maximum atomic E-state index is 11.7. The van der Waals surface area contributed by atoms with Crippen LogP contribution in [-0.2, 0) is 22.5 Å². The summed E-state index contributed by atoms with van der Waals surface area (Å²) >= 11 is 0. The number of nitrogens with zero attached hydrogens (tertiary/aromatic N) is 3. The number of nitrogens with two attached hydrogens (primary N) is 1. The number of hydrogen-bond donors (Lipinski definition) is 1. The van der Waals surface area contributed by atoms with E-state index in [1.807, 2.05) is 6.92 Å². The van der Waals surface area contributed by atoms with Crippen molar-refractivity contribution >= 4 is 5.78 Å². The second-order valence-electron chi connectivity index (χ2n) is 3.60. The summed E-state index contributed by atoms with van der Waals surface area (Å²) in [6, 6.07) is -0.586. The van der Waals surface area contributed by atoms with E-state index < -0.39 is 6.04 Å². The lowest BCUT2D eigenvalue weighted by Gasteiger charge is -2.09. The smallest absolute Gasteiger partial charge is 0.159 e. The summed E-state index contributed by atoms with van der Waals surface area (Å²) < 4.78 is 6.57. The molecule has 1 rings (SSSR count). The molecule has 0 aromatic carbocycles. The predicted molar refractivity (Wildman–Crippen MR) is 58.9 cm³/mol. The van der Waals surface area contributed by atoms with Gasteiger partial charge in [0.1, 0.15) is 12.2 Å². The lowest BCUT2D eigenvalue weighted by Crippen LogP contribution is -2.36. The third-order valence-corrected chi connectivity index (χ3v) is 2.22. The molecule has 90 valence electrons. The lowest BCUT2D eigenvalue weighted by atomic mass is 10.1. The van der Waals surface area contributed by atoms with E-state index >= 15 is 0 Å². The number of rotatable bonds is 7. The molecular formula is C10H18N4O2. The minimum atomic E-state index is -0.586. The van der Waals surface area contributed by atoms with Crippen molar-refractivity contribution in [1.82, 2.24) is 14.8 Å². The highest BCUT2D eigenvalue weighted by Gasteiger charge is 2.16. The maximum absolute atomic E-state index is 11.7. The second kappa shape index (κ2) is 6.34. The summed E-state index contributed by atoms with van der Waals surface area (Å²) in [6.45, 7) is 3.05. The van der Waals surface area contributed by atoms with E-state index in [0.29, 0.717) is 5.82 Å². The molecule has 1 aromatic rings.